The molecule has 1 fully saturated rings. The Morgan fingerprint density at radius 3 is 2.79 bits per heavy atom. The highest BCUT2D eigenvalue weighted by molar-refractivity contribution is 7.52. The summed E-state index contributed by atoms with van der Waals surface area (Å²) in [4.78, 5) is 16.2. The molecule has 3 heterocycles. The number of esters is 1. The van der Waals surface area contributed by atoms with Crippen LogP contribution in [-0.2, 0) is 29.0 Å². The lowest BCUT2D eigenvalue weighted by molar-refractivity contribution is -0.145. The number of hydrogen-bond donors (Lipinski definition) is 4. The van der Waals surface area contributed by atoms with Crippen LogP contribution in [0.15, 0.2) is 48.8 Å². The van der Waals surface area contributed by atoms with Crippen LogP contribution in [0, 0.1) is 0 Å². The molecule has 0 radical (unpaired) electrons. The summed E-state index contributed by atoms with van der Waals surface area (Å²) in [6, 6.07) is 10.4. The van der Waals surface area contributed by atoms with Crippen LogP contribution in [0.1, 0.15) is 32.9 Å². The number of carbonyl (C=O) groups is 1. The molecule has 0 aliphatic carbocycles. The first-order chi connectivity index (χ1) is 18.0. The second-order valence-electron chi connectivity index (χ2n) is 9.28. The number of para-hydroxylation sites is 1. The number of ether oxygens (including phenoxy) is 2. The number of aliphatic hydroxyl groups excluding tert-OH is 1. The van der Waals surface area contributed by atoms with E-state index in [-0.39, 0.29) is 30.5 Å². The summed E-state index contributed by atoms with van der Waals surface area (Å²) in [7, 11) is -4.22. The summed E-state index contributed by atoms with van der Waals surface area (Å²) in [5.74, 6) is -0.207. The molecule has 38 heavy (non-hydrogen) atoms. The van der Waals surface area contributed by atoms with Crippen LogP contribution in [0.2, 0.25) is 0 Å². The number of nitrogens with one attached hydrogen (secondary N) is 1. The molecule has 1 aromatic carbocycles. The Labute approximate surface area is 219 Å². The largest absolute Gasteiger partial charge is 0.465 e. The minimum atomic E-state index is -4.22. The molecule has 0 unspecified atom stereocenters. The summed E-state index contributed by atoms with van der Waals surface area (Å²) in [5, 5.41) is 29.4. The van der Waals surface area contributed by atoms with Crippen LogP contribution in [0.4, 0.5) is 5.82 Å². The second-order valence-corrected chi connectivity index (χ2v) is 11.0. The van der Waals surface area contributed by atoms with Gasteiger partial charge in [0.15, 0.2) is 11.4 Å². The first kappa shape index (κ1) is 28.0. The van der Waals surface area contributed by atoms with Crippen molar-refractivity contribution in [3.05, 3.63) is 54.5 Å². The molecule has 1 aliphatic rings. The number of fused-ring (bicyclic) bond motifs is 1. The smallest absolute Gasteiger partial charge is 0.459 e. The highest BCUT2D eigenvalue weighted by Gasteiger charge is 2.58. The van der Waals surface area contributed by atoms with Gasteiger partial charge in [-0.1, -0.05) is 25.1 Å². The number of carbonyl (C=O) groups excluding carboxylic acids is 1. The van der Waals surface area contributed by atoms with Crippen molar-refractivity contribution in [1.82, 2.24) is 19.7 Å². The van der Waals surface area contributed by atoms with Gasteiger partial charge in [0.1, 0.15) is 35.3 Å². The van der Waals surface area contributed by atoms with Gasteiger partial charge in [-0.15, -0.1) is 0 Å². The van der Waals surface area contributed by atoms with Crippen molar-refractivity contribution in [1.29, 1.82) is 0 Å². The standard InChI is InChI=1S/C24H32N5O8P/c1-4-12-34-21(30)16(2)28-38(33,37-17-8-6-5-7-9-17)36-13-23(3)22(31)24(32,14-35-23)19-11-10-18-20(25)26-15-27-29(18)19/h5-11,15-16,22,31-32H,4,12-14H2,1-3H3,(H,28,33)(H2,25,26,27)/t16-,22+,23+,24+,38+/m0/s1. The number of hydrogen-bond acceptors (Lipinski definition) is 11. The molecule has 4 rings (SSSR count). The van der Waals surface area contributed by atoms with Crippen LogP contribution in [0.5, 0.6) is 5.75 Å². The van der Waals surface area contributed by atoms with E-state index in [9.17, 15) is 19.6 Å². The first-order valence-electron chi connectivity index (χ1n) is 12.1. The average Bonchev–Trinajstić information content (AvgIpc) is 3.44. The maximum absolute atomic E-state index is 13.8. The van der Waals surface area contributed by atoms with E-state index < -0.39 is 43.7 Å². The first-order valence-corrected chi connectivity index (χ1v) is 13.6. The summed E-state index contributed by atoms with van der Waals surface area (Å²) in [6.07, 6.45) is 0.315. The van der Waals surface area contributed by atoms with Crippen molar-refractivity contribution in [3.8, 4) is 5.75 Å². The third-order valence-corrected chi connectivity index (χ3v) is 7.85. The van der Waals surface area contributed by atoms with Crippen molar-refractivity contribution in [2.75, 3.05) is 25.6 Å². The van der Waals surface area contributed by atoms with Crippen LogP contribution in [0.25, 0.3) is 5.52 Å². The van der Waals surface area contributed by atoms with E-state index in [0.29, 0.717) is 11.9 Å². The van der Waals surface area contributed by atoms with Crippen molar-refractivity contribution < 1.29 is 38.1 Å². The molecular weight excluding hydrogens is 517 g/mol. The number of nitrogens with zero attached hydrogens (tertiary/aromatic N) is 3. The predicted molar refractivity (Wildman–Crippen MR) is 136 cm³/mol. The molecule has 0 amide bonds. The lowest BCUT2D eigenvalue weighted by atomic mass is 9.86. The van der Waals surface area contributed by atoms with E-state index in [1.807, 2.05) is 6.92 Å². The van der Waals surface area contributed by atoms with Crippen LogP contribution in [0.3, 0.4) is 0 Å². The third kappa shape index (κ3) is 5.53. The number of aliphatic hydroxyl groups is 2. The summed E-state index contributed by atoms with van der Waals surface area (Å²) in [6.45, 7) is 4.24. The van der Waals surface area contributed by atoms with E-state index in [2.05, 4.69) is 15.2 Å². The minimum Gasteiger partial charge on any atom is -0.465 e. The Bertz CT molecular complexity index is 1320. The average molecular weight is 550 g/mol. The Balaban J connectivity index is 1.55. The summed E-state index contributed by atoms with van der Waals surface area (Å²) < 4.78 is 37.4. The van der Waals surface area contributed by atoms with Gasteiger partial charge in [-0.25, -0.2) is 14.1 Å². The second kappa shape index (κ2) is 11.0. The fraction of sp³-hybridized carbons (Fsp3) is 0.458. The monoisotopic (exact) mass is 549 g/mol. The number of benzene rings is 1. The van der Waals surface area contributed by atoms with Gasteiger partial charge in [0.25, 0.3) is 0 Å². The molecule has 3 aromatic rings. The number of nitrogens with two attached hydrogens (primary N) is 1. The molecule has 5 N–H and O–H groups in total. The molecule has 2 aromatic heterocycles. The molecule has 14 heteroatoms. The van der Waals surface area contributed by atoms with E-state index in [1.165, 1.54) is 24.7 Å². The zero-order valence-electron chi connectivity index (χ0n) is 21.3. The number of aromatic nitrogens is 3. The normalized spacial score (nSPS) is 25.7. The number of rotatable bonds is 11. The molecular formula is C24H32N5O8P. The van der Waals surface area contributed by atoms with Crippen molar-refractivity contribution in [3.63, 3.8) is 0 Å². The van der Waals surface area contributed by atoms with Gasteiger partial charge in [-0.2, -0.15) is 10.2 Å². The van der Waals surface area contributed by atoms with E-state index >= 15 is 0 Å². The van der Waals surface area contributed by atoms with Crippen molar-refractivity contribution >= 4 is 25.1 Å². The summed E-state index contributed by atoms with van der Waals surface area (Å²) >= 11 is 0. The molecule has 5 atom stereocenters. The van der Waals surface area contributed by atoms with Gasteiger partial charge in [0.2, 0.25) is 0 Å². The Kier molecular flexibility index (Phi) is 8.07. The van der Waals surface area contributed by atoms with Crippen LogP contribution >= 0.6 is 7.75 Å². The highest BCUT2D eigenvalue weighted by Crippen LogP contribution is 2.48. The fourth-order valence-corrected chi connectivity index (χ4v) is 5.68. The molecule has 0 saturated carbocycles. The van der Waals surface area contributed by atoms with Gasteiger partial charge >= 0.3 is 13.7 Å². The topological polar surface area (TPSA) is 180 Å². The number of anilines is 1. The van der Waals surface area contributed by atoms with Gasteiger partial charge < -0.3 is 29.9 Å². The lowest BCUT2D eigenvalue weighted by Gasteiger charge is -2.33. The quantitative estimate of drug-likeness (QED) is 0.201. The van der Waals surface area contributed by atoms with Gasteiger partial charge in [0.05, 0.1) is 25.5 Å². The van der Waals surface area contributed by atoms with E-state index in [0.717, 1.165) is 0 Å². The predicted octanol–water partition coefficient (Wildman–Crippen LogP) is 1.78. The maximum atomic E-state index is 13.8. The molecule has 0 bridgehead atoms. The number of nitrogen functional groups attached to an aromatic ring is 1. The van der Waals surface area contributed by atoms with Gasteiger partial charge in [-0.3, -0.25) is 9.32 Å². The highest BCUT2D eigenvalue weighted by atomic mass is 31.2. The maximum Gasteiger partial charge on any atom is 0.459 e. The lowest BCUT2D eigenvalue weighted by Crippen LogP contribution is -2.50. The zero-order valence-corrected chi connectivity index (χ0v) is 22.2. The molecule has 1 saturated heterocycles. The van der Waals surface area contributed by atoms with Gasteiger partial charge in [-0.05, 0) is 44.5 Å². The van der Waals surface area contributed by atoms with Crippen molar-refractivity contribution in [2.45, 2.75) is 50.5 Å². The Morgan fingerprint density at radius 2 is 2.08 bits per heavy atom. The van der Waals surface area contributed by atoms with E-state index in [1.54, 1.807) is 42.5 Å². The third-order valence-electron chi connectivity index (χ3n) is 6.22. The molecule has 13 nitrogen and oxygen atoms in total. The van der Waals surface area contributed by atoms with Crippen LogP contribution in [-0.4, -0.2) is 68.3 Å². The molecule has 0 spiro atoms. The van der Waals surface area contributed by atoms with Crippen LogP contribution < -0.4 is 15.3 Å². The summed E-state index contributed by atoms with van der Waals surface area (Å²) in [5.41, 5.74) is 3.14. The fourth-order valence-electron chi connectivity index (χ4n) is 4.09. The zero-order chi connectivity index (χ0) is 27.6. The van der Waals surface area contributed by atoms with Gasteiger partial charge in [0, 0.05) is 0 Å². The molecule has 1 aliphatic heterocycles. The Hall–Kier alpha value is -3.06. The van der Waals surface area contributed by atoms with E-state index in [4.69, 9.17) is 24.3 Å². The Morgan fingerprint density at radius 1 is 1.34 bits per heavy atom. The SMILES string of the molecule is CCCOC(=O)[C@H](C)N[P@@](=O)(OC[C@@]1(C)OC[C@@](O)(c2ccc3c(N)ncnn23)[C@@H]1O)Oc1ccccc1. The van der Waals surface area contributed by atoms with Crippen molar-refractivity contribution in [2.24, 2.45) is 0 Å². The molecule has 206 valence electrons. The minimum absolute atomic E-state index is 0.200.